The van der Waals surface area contributed by atoms with Crippen molar-refractivity contribution in [2.75, 3.05) is 48.3 Å². The van der Waals surface area contributed by atoms with Crippen LogP contribution >= 0.6 is 0 Å². The second-order valence-corrected chi connectivity index (χ2v) is 8.65. The summed E-state index contributed by atoms with van der Waals surface area (Å²) in [7, 11) is 0. The first-order valence-corrected chi connectivity index (χ1v) is 11.1. The van der Waals surface area contributed by atoms with Crippen LogP contribution in [-0.2, 0) is 6.18 Å². The molecule has 2 aliphatic rings. The molecule has 0 radical (unpaired) electrons. The van der Waals surface area contributed by atoms with Crippen LogP contribution in [-0.4, -0.2) is 53.6 Å². The van der Waals surface area contributed by atoms with Crippen LogP contribution in [0.25, 0.3) is 11.0 Å². The Hall–Kier alpha value is -3.27. The number of aromatic amines is 1. The van der Waals surface area contributed by atoms with Crippen LogP contribution < -0.4 is 15.5 Å². The minimum absolute atomic E-state index is 0.262. The fourth-order valence-corrected chi connectivity index (χ4v) is 4.11. The van der Waals surface area contributed by atoms with E-state index in [1.807, 2.05) is 12.1 Å². The predicted octanol–water partition coefficient (Wildman–Crippen LogP) is 4.76. The summed E-state index contributed by atoms with van der Waals surface area (Å²) in [5.41, 5.74) is 1.42. The van der Waals surface area contributed by atoms with Crippen LogP contribution in [0.1, 0.15) is 18.4 Å². The van der Waals surface area contributed by atoms with Crippen molar-refractivity contribution in [3.05, 3.63) is 48.2 Å². The number of hydrogen-bond acceptors (Lipinski definition) is 4. The molecular formula is C23H25F3N6O. The number of hydrogen-bond donors (Lipinski definition) is 3. The number of halogens is 3. The Balaban J connectivity index is 1.23. The van der Waals surface area contributed by atoms with E-state index in [0.29, 0.717) is 11.2 Å². The topological polar surface area (TPSA) is 76.3 Å². The van der Waals surface area contributed by atoms with Crippen LogP contribution in [0.4, 0.5) is 35.2 Å². The molecule has 0 spiro atoms. The van der Waals surface area contributed by atoms with Gasteiger partial charge in [-0.25, -0.2) is 9.78 Å². The number of benzene rings is 1. The quantitative estimate of drug-likeness (QED) is 0.516. The lowest BCUT2D eigenvalue weighted by molar-refractivity contribution is -0.137. The van der Waals surface area contributed by atoms with Crippen molar-refractivity contribution in [2.24, 2.45) is 5.92 Å². The summed E-state index contributed by atoms with van der Waals surface area (Å²) < 4.78 is 38.1. The number of carbonyl (C=O) groups is 1. The van der Waals surface area contributed by atoms with Crippen LogP contribution in [0, 0.1) is 5.92 Å². The molecule has 1 aliphatic heterocycles. The van der Waals surface area contributed by atoms with Gasteiger partial charge in [-0.2, -0.15) is 13.2 Å². The zero-order valence-corrected chi connectivity index (χ0v) is 18.0. The fraction of sp³-hybridized carbons (Fsp3) is 0.391. The lowest BCUT2D eigenvalue weighted by atomic mass is 10.2. The van der Waals surface area contributed by atoms with Crippen molar-refractivity contribution in [3.8, 4) is 0 Å². The van der Waals surface area contributed by atoms with Crippen molar-refractivity contribution in [2.45, 2.75) is 19.0 Å². The molecule has 2 fully saturated rings. The number of amides is 2. The lowest BCUT2D eigenvalue weighted by Crippen LogP contribution is -2.47. The van der Waals surface area contributed by atoms with E-state index in [0.717, 1.165) is 55.6 Å². The number of fused-ring (bicyclic) bond motifs is 1. The minimum atomic E-state index is -4.42. The molecule has 1 saturated carbocycles. The molecular weight excluding hydrogens is 433 g/mol. The summed E-state index contributed by atoms with van der Waals surface area (Å²) in [5.74, 6) is 1.74. The Bertz CT molecular complexity index is 1130. The van der Waals surface area contributed by atoms with Gasteiger partial charge in [-0.05, 0) is 55.2 Å². The number of H-pyrrole nitrogens is 1. The smallest absolute Gasteiger partial charge is 0.358 e. The van der Waals surface area contributed by atoms with Gasteiger partial charge in [0.05, 0.1) is 16.8 Å². The Morgan fingerprint density at radius 2 is 1.76 bits per heavy atom. The van der Waals surface area contributed by atoms with Gasteiger partial charge in [0.25, 0.3) is 0 Å². The van der Waals surface area contributed by atoms with Crippen LogP contribution in [0.2, 0.25) is 0 Å². The Kier molecular flexibility index (Phi) is 5.61. The van der Waals surface area contributed by atoms with Gasteiger partial charge in [0, 0.05) is 44.6 Å². The predicted molar refractivity (Wildman–Crippen MR) is 122 cm³/mol. The number of aromatic nitrogens is 2. The third-order valence-electron chi connectivity index (χ3n) is 6.14. The minimum Gasteiger partial charge on any atom is -0.358 e. The van der Waals surface area contributed by atoms with E-state index in [2.05, 4.69) is 25.4 Å². The monoisotopic (exact) mass is 458 g/mol. The maximum atomic E-state index is 12.7. The van der Waals surface area contributed by atoms with E-state index in [1.165, 1.54) is 31.5 Å². The molecule has 3 aromatic rings. The highest BCUT2D eigenvalue weighted by atomic mass is 19.4. The zero-order chi connectivity index (χ0) is 23.0. The normalized spacial score (nSPS) is 17.4. The van der Waals surface area contributed by atoms with Gasteiger partial charge in [-0.1, -0.05) is 0 Å². The van der Waals surface area contributed by atoms with Gasteiger partial charge >= 0.3 is 12.2 Å². The maximum Gasteiger partial charge on any atom is 0.416 e. The fourth-order valence-electron chi connectivity index (χ4n) is 4.11. The van der Waals surface area contributed by atoms with Crippen LogP contribution in [0.15, 0.2) is 42.6 Å². The molecule has 1 aliphatic carbocycles. The molecule has 1 saturated heterocycles. The van der Waals surface area contributed by atoms with Gasteiger partial charge in [-0.3, -0.25) is 4.90 Å². The molecule has 1 aromatic carbocycles. The molecule has 0 unspecified atom stereocenters. The van der Waals surface area contributed by atoms with E-state index in [-0.39, 0.29) is 5.69 Å². The highest BCUT2D eigenvalue weighted by Crippen LogP contribution is 2.31. The number of pyridine rings is 1. The van der Waals surface area contributed by atoms with E-state index in [1.54, 1.807) is 6.20 Å². The first kappa shape index (κ1) is 21.6. The number of piperazine rings is 1. The molecule has 33 heavy (non-hydrogen) atoms. The van der Waals surface area contributed by atoms with E-state index >= 15 is 0 Å². The number of anilines is 3. The number of urea groups is 1. The molecule has 5 rings (SSSR count). The standard InChI is InChI=1S/C23H25F3N6O/c24-23(25,26)16-3-5-17(6-4-16)28-22(33)29-19-13-27-18-7-8-20(30-21(18)19)32-11-9-31(10-12-32)14-15-1-2-15/h3-8,13,15,27H,1-2,9-12,14H2,(H2,28,29,33). The number of rotatable bonds is 5. The molecule has 2 aromatic heterocycles. The Labute approximate surface area is 189 Å². The van der Waals surface area contributed by atoms with Crippen molar-refractivity contribution < 1.29 is 18.0 Å². The summed E-state index contributed by atoms with van der Waals surface area (Å²) in [6.07, 6.45) is -0.0539. The maximum absolute atomic E-state index is 12.7. The van der Waals surface area contributed by atoms with Gasteiger partial charge in [0.15, 0.2) is 0 Å². The zero-order valence-electron chi connectivity index (χ0n) is 18.0. The number of nitrogens with one attached hydrogen (secondary N) is 3. The Morgan fingerprint density at radius 3 is 2.42 bits per heavy atom. The summed E-state index contributed by atoms with van der Waals surface area (Å²) in [6.45, 7) is 5.05. The molecule has 174 valence electrons. The second-order valence-electron chi connectivity index (χ2n) is 8.65. The molecule has 7 nitrogen and oxygen atoms in total. The number of nitrogens with zero attached hydrogens (tertiary/aromatic N) is 3. The van der Waals surface area contributed by atoms with E-state index < -0.39 is 17.8 Å². The highest BCUT2D eigenvalue weighted by molar-refractivity contribution is 6.05. The van der Waals surface area contributed by atoms with Gasteiger partial charge < -0.3 is 20.5 Å². The first-order chi connectivity index (χ1) is 15.8. The van der Waals surface area contributed by atoms with Gasteiger partial charge in [0.2, 0.25) is 0 Å². The largest absolute Gasteiger partial charge is 0.416 e. The lowest BCUT2D eigenvalue weighted by Gasteiger charge is -2.35. The van der Waals surface area contributed by atoms with Crippen molar-refractivity contribution in [1.29, 1.82) is 0 Å². The SMILES string of the molecule is O=C(Nc1ccc(C(F)(F)F)cc1)Nc1c[nH]c2ccc(N3CCN(CC4CC4)CC3)nc12. The highest BCUT2D eigenvalue weighted by Gasteiger charge is 2.30. The summed E-state index contributed by atoms with van der Waals surface area (Å²) >= 11 is 0. The van der Waals surface area contributed by atoms with Crippen LogP contribution in [0.5, 0.6) is 0 Å². The number of alkyl halides is 3. The van der Waals surface area contributed by atoms with E-state index in [9.17, 15) is 18.0 Å². The van der Waals surface area contributed by atoms with Crippen LogP contribution in [0.3, 0.4) is 0 Å². The summed E-state index contributed by atoms with van der Waals surface area (Å²) in [5, 5.41) is 5.28. The molecule has 3 N–H and O–H groups in total. The van der Waals surface area contributed by atoms with Gasteiger partial charge in [0.1, 0.15) is 11.3 Å². The molecule has 0 bridgehead atoms. The Morgan fingerprint density at radius 1 is 1.03 bits per heavy atom. The average Bonchev–Trinajstić information content (AvgIpc) is 3.52. The third-order valence-corrected chi connectivity index (χ3v) is 6.14. The number of carbonyl (C=O) groups excluding carboxylic acids is 1. The van der Waals surface area contributed by atoms with Crippen molar-refractivity contribution >= 4 is 34.3 Å². The molecule has 3 heterocycles. The summed E-state index contributed by atoms with van der Waals surface area (Å²) in [6, 6.07) is 7.65. The van der Waals surface area contributed by atoms with Gasteiger partial charge in [-0.15, -0.1) is 0 Å². The third kappa shape index (κ3) is 5.05. The first-order valence-electron chi connectivity index (χ1n) is 11.1. The summed E-state index contributed by atoms with van der Waals surface area (Å²) in [4.78, 5) is 25.0. The second kappa shape index (κ2) is 8.58. The molecule has 0 atom stereocenters. The van der Waals surface area contributed by atoms with E-state index in [4.69, 9.17) is 4.98 Å². The average molecular weight is 458 g/mol. The van der Waals surface area contributed by atoms with Crippen molar-refractivity contribution in [3.63, 3.8) is 0 Å². The molecule has 10 heteroatoms. The molecule has 2 amide bonds. The van der Waals surface area contributed by atoms with Crippen molar-refractivity contribution in [1.82, 2.24) is 14.9 Å².